The van der Waals surface area contributed by atoms with E-state index in [4.69, 9.17) is 9.47 Å². The number of hydrogen-bond donors (Lipinski definition) is 1. The monoisotopic (exact) mass is 382 g/mol. The number of methoxy groups -OCH3 is 2. The molecule has 1 atom stereocenters. The van der Waals surface area contributed by atoms with E-state index in [2.05, 4.69) is 5.32 Å². The number of carbonyl (C=O) groups excluding carboxylic acids is 1. The van der Waals surface area contributed by atoms with Crippen molar-refractivity contribution >= 4 is 15.9 Å². The van der Waals surface area contributed by atoms with E-state index in [1.807, 2.05) is 0 Å². The van der Waals surface area contributed by atoms with Crippen LogP contribution in [0.2, 0.25) is 0 Å². The number of sulfonamides is 1. The van der Waals surface area contributed by atoms with Gasteiger partial charge in [0.2, 0.25) is 15.9 Å². The largest absolute Gasteiger partial charge is 0.493 e. The van der Waals surface area contributed by atoms with Gasteiger partial charge >= 0.3 is 0 Å². The molecule has 1 aliphatic carbocycles. The Balaban J connectivity index is 1.82. The number of ether oxygens (including phenoxy) is 2. The molecule has 26 heavy (non-hydrogen) atoms. The van der Waals surface area contributed by atoms with Crippen LogP contribution in [0.1, 0.15) is 38.5 Å². The normalized spacial score (nSPS) is 21.7. The highest BCUT2D eigenvalue weighted by Crippen LogP contribution is 2.33. The Bertz CT molecular complexity index is 759. The quantitative estimate of drug-likeness (QED) is 0.812. The molecule has 0 bridgehead atoms. The SMILES string of the molecule is COc1ccc(S(=O)(=O)N2CCCC2C(=O)NC2CCCC2)cc1OC. The van der Waals surface area contributed by atoms with Crippen LogP contribution in [0.3, 0.4) is 0 Å². The minimum Gasteiger partial charge on any atom is -0.493 e. The standard InChI is InChI=1S/C18H26N2O5S/c1-24-16-10-9-14(12-17(16)25-2)26(22,23)20-11-5-8-15(20)18(21)19-13-6-3-4-7-13/h9-10,12-13,15H,3-8,11H2,1-2H3,(H,19,21). The lowest BCUT2D eigenvalue weighted by atomic mass is 10.2. The summed E-state index contributed by atoms with van der Waals surface area (Å²) in [5.74, 6) is 0.626. The summed E-state index contributed by atoms with van der Waals surface area (Å²) in [7, 11) is -0.831. The zero-order valence-corrected chi connectivity index (χ0v) is 16.0. The molecule has 1 amide bonds. The third kappa shape index (κ3) is 3.66. The van der Waals surface area contributed by atoms with Gasteiger partial charge in [-0.2, -0.15) is 4.31 Å². The molecule has 0 spiro atoms. The predicted octanol–water partition coefficient (Wildman–Crippen LogP) is 1.92. The first-order valence-electron chi connectivity index (χ1n) is 9.01. The Morgan fingerprint density at radius 2 is 1.77 bits per heavy atom. The highest BCUT2D eigenvalue weighted by molar-refractivity contribution is 7.89. The summed E-state index contributed by atoms with van der Waals surface area (Å²) in [5.41, 5.74) is 0. The number of rotatable bonds is 6. The summed E-state index contributed by atoms with van der Waals surface area (Å²) >= 11 is 0. The van der Waals surface area contributed by atoms with Crippen LogP contribution < -0.4 is 14.8 Å². The fourth-order valence-electron chi connectivity index (χ4n) is 3.77. The summed E-state index contributed by atoms with van der Waals surface area (Å²) in [6.07, 6.45) is 5.40. The van der Waals surface area contributed by atoms with E-state index in [0.717, 1.165) is 25.7 Å². The molecule has 0 aromatic heterocycles. The highest BCUT2D eigenvalue weighted by atomic mass is 32.2. The number of hydrogen-bond acceptors (Lipinski definition) is 5. The van der Waals surface area contributed by atoms with Gasteiger partial charge in [0.25, 0.3) is 0 Å². The van der Waals surface area contributed by atoms with Crippen molar-refractivity contribution in [3.05, 3.63) is 18.2 Å². The number of nitrogens with zero attached hydrogens (tertiary/aromatic N) is 1. The lowest BCUT2D eigenvalue weighted by Gasteiger charge is -2.25. The molecule has 0 radical (unpaired) electrons. The van der Waals surface area contributed by atoms with E-state index < -0.39 is 16.1 Å². The van der Waals surface area contributed by atoms with Crippen molar-refractivity contribution in [3.8, 4) is 11.5 Å². The second-order valence-electron chi connectivity index (χ2n) is 6.78. The number of benzene rings is 1. The van der Waals surface area contributed by atoms with E-state index in [-0.39, 0.29) is 16.8 Å². The molecule has 144 valence electrons. The lowest BCUT2D eigenvalue weighted by Crippen LogP contribution is -2.48. The summed E-state index contributed by atoms with van der Waals surface area (Å²) in [6, 6.07) is 4.02. The average Bonchev–Trinajstić information content (AvgIpc) is 3.32. The highest BCUT2D eigenvalue weighted by Gasteiger charge is 2.40. The molecule has 1 N–H and O–H groups in total. The van der Waals surface area contributed by atoms with Crippen molar-refractivity contribution in [2.75, 3.05) is 20.8 Å². The Labute approximate surface area is 154 Å². The van der Waals surface area contributed by atoms with Gasteiger partial charge in [-0.05, 0) is 37.8 Å². The number of amides is 1. The lowest BCUT2D eigenvalue weighted by molar-refractivity contribution is -0.124. The van der Waals surface area contributed by atoms with E-state index in [1.54, 1.807) is 6.07 Å². The maximum atomic E-state index is 13.1. The van der Waals surface area contributed by atoms with Crippen molar-refractivity contribution < 1.29 is 22.7 Å². The van der Waals surface area contributed by atoms with Crippen LogP contribution in [0.5, 0.6) is 11.5 Å². The number of nitrogens with one attached hydrogen (secondary N) is 1. The third-order valence-corrected chi connectivity index (χ3v) is 7.07. The molecule has 1 aromatic carbocycles. The molecule has 1 aliphatic heterocycles. The second-order valence-corrected chi connectivity index (χ2v) is 8.67. The first-order valence-corrected chi connectivity index (χ1v) is 10.5. The smallest absolute Gasteiger partial charge is 0.243 e. The van der Waals surface area contributed by atoms with E-state index >= 15 is 0 Å². The fraction of sp³-hybridized carbons (Fsp3) is 0.611. The van der Waals surface area contributed by atoms with Crippen LogP contribution in [-0.4, -0.2) is 51.5 Å². The van der Waals surface area contributed by atoms with E-state index in [9.17, 15) is 13.2 Å². The van der Waals surface area contributed by atoms with Gasteiger partial charge in [0.05, 0.1) is 19.1 Å². The van der Waals surface area contributed by atoms with Crippen molar-refractivity contribution in [3.63, 3.8) is 0 Å². The minimum atomic E-state index is -3.79. The predicted molar refractivity (Wildman–Crippen MR) is 96.9 cm³/mol. The summed E-state index contributed by atoms with van der Waals surface area (Å²) in [5, 5.41) is 3.03. The topological polar surface area (TPSA) is 84.9 Å². The van der Waals surface area contributed by atoms with Gasteiger partial charge in [0.1, 0.15) is 6.04 Å². The molecule has 1 aromatic rings. The van der Waals surface area contributed by atoms with Crippen LogP contribution in [0.15, 0.2) is 23.1 Å². The van der Waals surface area contributed by atoms with E-state index in [1.165, 1.54) is 30.7 Å². The summed E-state index contributed by atoms with van der Waals surface area (Å²) in [4.78, 5) is 12.8. The second kappa shape index (κ2) is 7.84. The van der Waals surface area contributed by atoms with Crippen LogP contribution >= 0.6 is 0 Å². The molecule has 7 nitrogen and oxygen atoms in total. The van der Waals surface area contributed by atoms with Crippen molar-refractivity contribution in [2.24, 2.45) is 0 Å². The summed E-state index contributed by atoms with van der Waals surface area (Å²) in [6.45, 7) is 0.347. The maximum Gasteiger partial charge on any atom is 0.243 e. The van der Waals surface area contributed by atoms with Gasteiger partial charge in [0.15, 0.2) is 11.5 Å². The van der Waals surface area contributed by atoms with Gasteiger partial charge in [0, 0.05) is 18.7 Å². The Kier molecular flexibility index (Phi) is 5.72. The van der Waals surface area contributed by atoms with Gasteiger partial charge in [-0.3, -0.25) is 4.79 Å². The third-order valence-electron chi connectivity index (χ3n) is 5.17. The van der Waals surface area contributed by atoms with Crippen molar-refractivity contribution in [1.29, 1.82) is 0 Å². The zero-order valence-electron chi connectivity index (χ0n) is 15.2. The van der Waals surface area contributed by atoms with Gasteiger partial charge in [-0.15, -0.1) is 0 Å². The van der Waals surface area contributed by atoms with Gasteiger partial charge in [-0.1, -0.05) is 12.8 Å². The molecule has 1 saturated heterocycles. The van der Waals surface area contributed by atoms with Crippen LogP contribution in [0.4, 0.5) is 0 Å². The Morgan fingerprint density at radius 3 is 2.42 bits per heavy atom. The van der Waals surface area contributed by atoms with Crippen LogP contribution in [0.25, 0.3) is 0 Å². The molecule has 1 heterocycles. The first-order chi connectivity index (χ1) is 12.5. The van der Waals surface area contributed by atoms with Gasteiger partial charge < -0.3 is 14.8 Å². The molecule has 1 unspecified atom stereocenters. The molecule has 8 heteroatoms. The Morgan fingerprint density at radius 1 is 1.08 bits per heavy atom. The van der Waals surface area contributed by atoms with Crippen LogP contribution in [0, 0.1) is 0 Å². The van der Waals surface area contributed by atoms with E-state index in [0.29, 0.717) is 30.9 Å². The molecular formula is C18H26N2O5S. The average molecular weight is 382 g/mol. The maximum absolute atomic E-state index is 13.1. The molecule has 2 fully saturated rings. The number of carbonyl (C=O) groups is 1. The van der Waals surface area contributed by atoms with Crippen molar-refractivity contribution in [2.45, 2.75) is 55.5 Å². The first kappa shape index (κ1) is 19.0. The Hall–Kier alpha value is -1.80. The van der Waals surface area contributed by atoms with Crippen molar-refractivity contribution in [1.82, 2.24) is 9.62 Å². The minimum absolute atomic E-state index is 0.107. The fourth-order valence-corrected chi connectivity index (χ4v) is 5.44. The molecule has 1 saturated carbocycles. The van der Waals surface area contributed by atoms with Crippen LogP contribution in [-0.2, 0) is 14.8 Å². The zero-order chi connectivity index (χ0) is 18.7. The molecule has 2 aliphatic rings. The summed E-state index contributed by atoms with van der Waals surface area (Å²) < 4.78 is 37.9. The molecular weight excluding hydrogens is 356 g/mol. The van der Waals surface area contributed by atoms with Gasteiger partial charge in [-0.25, -0.2) is 8.42 Å². The molecule has 3 rings (SSSR count).